The first-order valence-electron chi connectivity index (χ1n) is 11.1. The number of guanidine groups is 1. The van der Waals surface area contributed by atoms with Gasteiger partial charge in [-0.1, -0.05) is 13.0 Å². The SMILES string of the molecule is CCNC(=NCC1CCN(Cc2csc(CC)n2)CC1)NC(C)c1ccc(F)cc1F. The number of likely N-dealkylation sites (tertiary alicyclic amines) is 1. The third-order valence-corrected chi connectivity index (χ3v) is 6.67. The second-order valence-electron chi connectivity index (χ2n) is 8.06. The Balaban J connectivity index is 1.50. The number of thiazole rings is 1. The summed E-state index contributed by atoms with van der Waals surface area (Å²) in [4.78, 5) is 11.9. The van der Waals surface area contributed by atoms with Crippen LogP contribution >= 0.6 is 11.3 Å². The molecule has 2 aromatic rings. The van der Waals surface area contributed by atoms with E-state index in [4.69, 9.17) is 4.99 Å². The molecule has 2 N–H and O–H groups in total. The van der Waals surface area contributed by atoms with Gasteiger partial charge in [-0.05, 0) is 58.2 Å². The molecule has 0 aliphatic carbocycles. The molecule has 1 atom stereocenters. The van der Waals surface area contributed by atoms with Crippen molar-refractivity contribution in [3.63, 3.8) is 0 Å². The summed E-state index contributed by atoms with van der Waals surface area (Å²) in [6, 6.07) is 3.36. The number of aliphatic imine (C=N–C) groups is 1. The van der Waals surface area contributed by atoms with Crippen LogP contribution in [0.3, 0.4) is 0 Å². The maximum atomic E-state index is 14.1. The molecule has 1 aromatic carbocycles. The maximum absolute atomic E-state index is 14.1. The van der Waals surface area contributed by atoms with Gasteiger partial charge in [0.15, 0.2) is 5.96 Å². The molecule has 170 valence electrons. The van der Waals surface area contributed by atoms with Gasteiger partial charge in [-0.15, -0.1) is 11.3 Å². The van der Waals surface area contributed by atoms with Crippen LogP contribution in [0.4, 0.5) is 8.78 Å². The van der Waals surface area contributed by atoms with Crippen LogP contribution in [0, 0.1) is 17.6 Å². The highest BCUT2D eigenvalue weighted by Crippen LogP contribution is 2.21. The summed E-state index contributed by atoms with van der Waals surface area (Å²) in [6.45, 7) is 10.5. The molecule has 31 heavy (non-hydrogen) atoms. The Hall–Kier alpha value is -2.06. The van der Waals surface area contributed by atoms with Crippen LogP contribution in [-0.2, 0) is 13.0 Å². The Labute approximate surface area is 188 Å². The average molecular weight is 450 g/mol. The number of rotatable bonds is 8. The molecule has 3 rings (SSSR count). The van der Waals surface area contributed by atoms with Crippen molar-refractivity contribution in [1.29, 1.82) is 0 Å². The maximum Gasteiger partial charge on any atom is 0.191 e. The van der Waals surface area contributed by atoms with E-state index < -0.39 is 11.6 Å². The summed E-state index contributed by atoms with van der Waals surface area (Å²) in [5, 5.41) is 9.85. The van der Waals surface area contributed by atoms with Crippen molar-refractivity contribution >= 4 is 17.3 Å². The topological polar surface area (TPSA) is 52.6 Å². The highest BCUT2D eigenvalue weighted by molar-refractivity contribution is 7.09. The molecule has 5 nitrogen and oxygen atoms in total. The molecule has 1 fully saturated rings. The van der Waals surface area contributed by atoms with E-state index in [0.717, 1.165) is 58.1 Å². The van der Waals surface area contributed by atoms with E-state index in [1.54, 1.807) is 11.3 Å². The third kappa shape index (κ3) is 6.97. The summed E-state index contributed by atoms with van der Waals surface area (Å²) in [6.07, 6.45) is 3.21. The van der Waals surface area contributed by atoms with Crippen LogP contribution in [0.2, 0.25) is 0 Å². The first-order valence-corrected chi connectivity index (χ1v) is 12.0. The Bertz CT molecular complexity index is 861. The summed E-state index contributed by atoms with van der Waals surface area (Å²) in [5.74, 6) is 0.0808. The van der Waals surface area contributed by atoms with Gasteiger partial charge in [-0.3, -0.25) is 9.89 Å². The summed E-state index contributed by atoms with van der Waals surface area (Å²) in [5.41, 5.74) is 1.60. The van der Waals surface area contributed by atoms with E-state index in [9.17, 15) is 8.78 Å². The molecule has 1 aromatic heterocycles. The zero-order valence-electron chi connectivity index (χ0n) is 18.6. The van der Waals surface area contributed by atoms with Crippen LogP contribution in [0.1, 0.15) is 55.9 Å². The van der Waals surface area contributed by atoms with Crippen LogP contribution in [-0.4, -0.2) is 42.0 Å². The summed E-state index contributed by atoms with van der Waals surface area (Å²) < 4.78 is 27.3. The third-order valence-electron chi connectivity index (χ3n) is 5.63. The molecule has 2 heterocycles. The highest BCUT2D eigenvalue weighted by atomic mass is 32.1. The molecule has 0 saturated carbocycles. The molecule has 1 aliphatic heterocycles. The van der Waals surface area contributed by atoms with E-state index in [1.807, 2.05) is 13.8 Å². The van der Waals surface area contributed by atoms with E-state index in [2.05, 4.69) is 32.8 Å². The lowest BCUT2D eigenvalue weighted by atomic mass is 9.97. The van der Waals surface area contributed by atoms with Gasteiger partial charge in [0, 0.05) is 36.6 Å². The minimum absolute atomic E-state index is 0.314. The molecule has 1 unspecified atom stereocenters. The van der Waals surface area contributed by atoms with Crippen LogP contribution in [0.5, 0.6) is 0 Å². The van der Waals surface area contributed by atoms with E-state index in [0.29, 0.717) is 17.4 Å². The van der Waals surface area contributed by atoms with Gasteiger partial charge in [-0.25, -0.2) is 13.8 Å². The number of halogens is 2. The number of aryl methyl sites for hydroxylation is 1. The van der Waals surface area contributed by atoms with Crippen molar-refractivity contribution in [1.82, 2.24) is 20.5 Å². The normalized spacial score (nSPS) is 17.0. The van der Waals surface area contributed by atoms with Crippen molar-refractivity contribution in [3.8, 4) is 0 Å². The molecule has 0 bridgehead atoms. The van der Waals surface area contributed by atoms with E-state index in [1.165, 1.54) is 22.8 Å². The molecule has 0 amide bonds. The van der Waals surface area contributed by atoms with Gasteiger partial charge in [0.1, 0.15) is 11.6 Å². The number of nitrogens with one attached hydrogen (secondary N) is 2. The number of hydrogen-bond donors (Lipinski definition) is 2. The Morgan fingerprint density at radius 2 is 2.06 bits per heavy atom. The van der Waals surface area contributed by atoms with Gasteiger partial charge in [0.05, 0.1) is 16.7 Å². The number of benzene rings is 1. The van der Waals surface area contributed by atoms with Crippen molar-refractivity contribution in [2.45, 2.75) is 52.6 Å². The quantitative estimate of drug-likeness (QED) is 0.460. The molecule has 1 saturated heterocycles. The van der Waals surface area contributed by atoms with Gasteiger partial charge >= 0.3 is 0 Å². The zero-order valence-corrected chi connectivity index (χ0v) is 19.4. The summed E-state index contributed by atoms with van der Waals surface area (Å²) >= 11 is 1.75. The largest absolute Gasteiger partial charge is 0.357 e. The molecule has 0 spiro atoms. The van der Waals surface area contributed by atoms with Crippen molar-refractivity contribution in [2.24, 2.45) is 10.9 Å². The first kappa shape index (κ1) is 23.6. The first-order chi connectivity index (χ1) is 15.0. The lowest BCUT2D eigenvalue weighted by Crippen LogP contribution is -2.40. The molecular formula is C23H33F2N5S. The fourth-order valence-corrected chi connectivity index (χ4v) is 4.55. The second kappa shape index (κ2) is 11.5. The highest BCUT2D eigenvalue weighted by Gasteiger charge is 2.20. The Morgan fingerprint density at radius 1 is 1.29 bits per heavy atom. The van der Waals surface area contributed by atoms with E-state index in [-0.39, 0.29) is 6.04 Å². The van der Waals surface area contributed by atoms with Crippen LogP contribution < -0.4 is 10.6 Å². The number of aromatic nitrogens is 1. The average Bonchev–Trinajstić information content (AvgIpc) is 3.20. The smallest absolute Gasteiger partial charge is 0.191 e. The fraction of sp³-hybridized carbons (Fsp3) is 0.565. The number of nitrogens with zero attached hydrogens (tertiary/aromatic N) is 3. The molecule has 0 radical (unpaired) electrons. The number of piperidine rings is 1. The molecular weight excluding hydrogens is 416 g/mol. The second-order valence-corrected chi connectivity index (χ2v) is 9.00. The van der Waals surface area contributed by atoms with Gasteiger partial charge in [0.25, 0.3) is 0 Å². The molecule has 1 aliphatic rings. The standard InChI is InChI=1S/C23H33F2N5S/c1-4-22-29-19(15-31-22)14-30-10-8-17(9-11-30)13-27-23(26-5-2)28-16(3)20-7-6-18(24)12-21(20)25/h6-7,12,15-17H,4-5,8-11,13-14H2,1-3H3,(H2,26,27,28). The summed E-state index contributed by atoms with van der Waals surface area (Å²) in [7, 11) is 0. The predicted molar refractivity (Wildman–Crippen MR) is 123 cm³/mol. The minimum Gasteiger partial charge on any atom is -0.357 e. The molecule has 8 heteroatoms. The van der Waals surface area contributed by atoms with Crippen molar-refractivity contribution in [3.05, 3.63) is 51.5 Å². The zero-order chi connectivity index (χ0) is 22.2. The lowest BCUT2D eigenvalue weighted by molar-refractivity contribution is 0.179. The lowest BCUT2D eigenvalue weighted by Gasteiger charge is -2.31. The van der Waals surface area contributed by atoms with Crippen LogP contribution in [0.15, 0.2) is 28.6 Å². The Morgan fingerprint density at radius 3 is 2.71 bits per heavy atom. The Kier molecular flexibility index (Phi) is 8.78. The van der Waals surface area contributed by atoms with Gasteiger partial charge in [0.2, 0.25) is 0 Å². The van der Waals surface area contributed by atoms with Crippen molar-refractivity contribution < 1.29 is 8.78 Å². The van der Waals surface area contributed by atoms with Crippen LogP contribution in [0.25, 0.3) is 0 Å². The minimum atomic E-state index is -0.569. The fourth-order valence-electron chi connectivity index (χ4n) is 3.82. The monoisotopic (exact) mass is 449 g/mol. The predicted octanol–water partition coefficient (Wildman–Crippen LogP) is 4.51. The van der Waals surface area contributed by atoms with Crippen molar-refractivity contribution in [2.75, 3.05) is 26.2 Å². The number of hydrogen-bond acceptors (Lipinski definition) is 4. The van der Waals surface area contributed by atoms with Gasteiger partial charge in [-0.2, -0.15) is 0 Å². The van der Waals surface area contributed by atoms with Gasteiger partial charge < -0.3 is 10.6 Å². The van der Waals surface area contributed by atoms with E-state index >= 15 is 0 Å².